The molecule has 0 aromatic heterocycles. The molecule has 94 valence electrons. The molecule has 0 radical (unpaired) electrons. The van der Waals surface area contributed by atoms with Gasteiger partial charge in [-0.15, -0.1) is 0 Å². The summed E-state index contributed by atoms with van der Waals surface area (Å²) in [6.07, 6.45) is 3.63. The number of carboxylic acid groups (broad SMARTS) is 1. The zero-order valence-corrected chi connectivity index (χ0v) is 9.87. The molecule has 0 bridgehead atoms. The highest BCUT2D eigenvalue weighted by Crippen LogP contribution is 1.98. The lowest BCUT2D eigenvalue weighted by Gasteiger charge is -2.10. The predicted molar refractivity (Wildman–Crippen MR) is 62.0 cm³/mol. The maximum Gasteiger partial charge on any atom is 0.303 e. The number of carbonyl (C=O) groups is 2. The van der Waals surface area contributed by atoms with Crippen LogP contribution < -0.4 is 11.1 Å². The molecule has 0 aliphatic rings. The van der Waals surface area contributed by atoms with Crippen molar-refractivity contribution in [1.82, 2.24) is 5.32 Å². The summed E-state index contributed by atoms with van der Waals surface area (Å²) in [5.41, 5.74) is 5.72. The quantitative estimate of drug-likeness (QED) is 0.512. The molecule has 0 aliphatic carbocycles. The maximum absolute atomic E-state index is 11.3. The van der Waals surface area contributed by atoms with E-state index in [0.717, 1.165) is 12.8 Å². The van der Waals surface area contributed by atoms with Gasteiger partial charge in [0.1, 0.15) is 0 Å². The van der Waals surface area contributed by atoms with E-state index in [0.29, 0.717) is 25.8 Å². The van der Waals surface area contributed by atoms with Gasteiger partial charge in [-0.1, -0.05) is 13.3 Å². The molecule has 0 spiro atoms. The number of carbonyl (C=O) groups excluding carboxylic acids is 1. The molecule has 5 heteroatoms. The smallest absolute Gasteiger partial charge is 0.303 e. The van der Waals surface area contributed by atoms with Crippen molar-refractivity contribution >= 4 is 11.9 Å². The Bertz CT molecular complexity index is 219. The van der Waals surface area contributed by atoms with Gasteiger partial charge >= 0.3 is 5.97 Å². The Balaban J connectivity index is 3.40. The molecule has 1 atom stereocenters. The Hall–Kier alpha value is -1.10. The first-order chi connectivity index (χ1) is 7.56. The second-order valence-electron chi connectivity index (χ2n) is 3.95. The molecule has 0 heterocycles. The van der Waals surface area contributed by atoms with Crippen LogP contribution in [0.4, 0.5) is 0 Å². The second-order valence-corrected chi connectivity index (χ2v) is 3.95. The molecule has 16 heavy (non-hydrogen) atoms. The average Bonchev–Trinajstić information content (AvgIpc) is 2.16. The number of hydrogen-bond acceptors (Lipinski definition) is 3. The van der Waals surface area contributed by atoms with E-state index >= 15 is 0 Å². The van der Waals surface area contributed by atoms with Crippen molar-refractivity contribution in [3.63, 3.8) is 0 Å². The summed E-state index contributed by atoms with van der Waals surface area (Å²) in [6.45, 7) is 2.56. The van der Waals surface area contributed by atoms with Crippen LogP contribution in [0.2, 0.25) is 0 Å². The summed E-state index contributed by atoms with van der Waals surface area (Å²) in [6, 6.07) is -0.0657. The zero-order chi connectivity index (χ0) is 12.4. The molecule has 1 amide bonds. The largest absolute Gasteiger partial charge is 0.481 e. The lowest BCUT2D eigenvalue weighted by molar-refractivity contribution is -0.137. The van der Waals surface area contributed by atoms with Gasteiger partial charge in [-0.05, 0) is 19.3 Å². The summed E-state index contributed by atoms with van der Waals surface area (Å²) in [7, 11) is 0. The van der Waals surface area contributed by atoms with E-state index < -0.39 is 5.97 Å². The van der Waals surface area contributed by atoms with Crippen LogP contribution >= 0.6 is 0 Å². The third-order valence-corrected chi connectivity index (χ3v) is 2.25. The van der Waals surface area contributed by atoms with Gasteiger partial charge in [0.05, 0.1) is 0 Å². The number of nitrogens with two attached hydrogens (primary N) is 1. The minimum absolute atomic E-state index is 0.0451. The summed E-state index contributed by atoms with van der Waals surface area (Å²) in [5, 5.41) is 11.1. The molecule has 0 aromatic rings. The zero-order valence-electron chi connectivity index (χ0n) is 9.87. The van der Waals surface area contributed by atoms with Crippen molar-refractivity contribution in [2.45, 2.75) is 51.5 Å². The van der Waals surface area contributed by atoms with Crippen LogP contribution in [0.15, 0.2) is 0 Å². The Morgan fingerprint density at radius 2 is 2.06 bits per heavy atom. The molecule has 0 saturated carbocycles. The van der Waals surface area contributed by atoms with Crippen LogP contribution in [-0.2, 0) is 9.59 Å². The second kappa shape index (κ2) is 9.15. The fourth-order valence-corrected chi connectivity index (χ4v) is 1.41. The molecule has 4 N–H and O–H groups in total. The van der Waals surface area contributed by atoms with Crippen molar-refractivity contribution in [2.75, 3.05) is 6.54 Å². The van der Waals surface area contributed by atoms with Crippen LogP contribution in [0.3, 0.4) is 0 Å². The van der Waals surface area contributed by atoms with Crippen molar-refractivity contribution in [3.8, 4) is 0 Å². The number of nitrogens with one attached hydrogen (secondary N) is 1. The van der Waals surface area contributed by atoms with Gasteiger partial charge in [0.25, 0.3) is 0 Å². The first kappa shape index (κ1) is 14.9. The summed E-state index contributed by atoms with van der Waals surface area (Å²) >= 11 is 0. The van der Waals surface area contributed by atoms with Gasteiger partial charge in [-0.3, -0.25) is 9.59 Å². The number of hydrogen-bond donors (Lipinski definition) is 3. The minimum Gasteiger partial charge on any atom is -0.481 e. The van der Waals surface area contributed by atoms with Gasteiger partial charge in [0.2, 0.25) is 5.91 Å². The van der Waals surface area contributed by atoms with Crippen LogP contribution in [-0.4, -0.2) is 29.6 Å². The Kier molecular flexibility index (Phi) is 8.52. The highest BCUT2D eigenvalue weighted by atomic mass is 16.4. The first-order valence-corrected chi connectivity index (χ1v) is 5.80. The third-order valence-electron chi connectivity index (χ3n) is 2.25. The Morgan fingerprint density at radius 1 is 1.38 bits per heavy atom. The monoisotopic (exact) mass is 230 g/mol. The Morgan fingerprint density at radius 3 is 2.62 bits per heavy atom. The topological polar surface area (TPSA) is 92.4 Å². The average molecular weight is 230 g/mol. The van der Waals surface area contributed by atoms with Crippen LogP contribution in [0, 0.1) is 0 Å². The molecule has 0 fully saturated rings. The molecular weight excluding hydrogens is 208 g/mol. The summed E-state index contributed by atoms with van der Waals surface area (Å²) in [5.74, 6) is -0.840. The van der Waals surface area contributed by atoms with E-state index in [1.165, 1.54) is 0 Å². The maximum atomic E-state index is 11.3. The molecular formula is C11H22N2O3. The minimum atomic E-state index is -0.795. The van der Waals surface area contributed by atoms with E-state index in [-0.39, 0.29) is 18.4 Å². The molecule has 5 nitrogen and oxygen atoms in total. The normalized spacial score (nSPS) is 12.1. The van der Waals surface area contributed by atoms with Crippen molar-refractivity contribution < 1.29 is 14.7 Å². The van der Waals surface area contributed by atoms with Gasteiger partial charge in [-0.25, -0.2) is 0 Å². The number of rotatable bonds is 9. The molecule has 0 aliphatic heterocycles. The highest BCUT2D eigenvalue weighted by molar-refractivity contribution is 5.76. The number of carboxylic acids is 1. The standard InChI is InChI=1S/C11H22N2O3/c1-2-5-9(12)8-10(14)13-7-4-3-6-11(15)16/h9H,2-8,12H2,1H3,(H,13,14)(H,15,16). The number of unbranched alkanes of at least 4 members (excludes halogenated alkanes) is 1. The molecule has 0 aromatic carbocycles. The molecule has 1 unspecified atom stereocenters. The SMILES string of the molecule is CCCC(N)CC(=O)NCCCCC(=O)O. The number of aliphatic carboxylic acids is 1. The van der Waals surface area contributed by atoms with Crippen LogP contribution in [0.25, 0.3) is 0 Å². The highest BCUT2D eigenvalue weighted by Gasteiger charge is 2.07. The van der Waals surface area contributed by atoms with E-state index in [1.54, 1.807) is 0 Å². The first-order valence-electron chi connectivity index (χ1n) is 5.80. The van der Waals surface area contributed by atoms with E-state index in [1.807, 2.05) is 6.92 Å². The summed E-state index contributed by atoms with van der Waals surface area (Å²) in [4.78, 5) is 21.5. The van der Waals surface area contributed by atoms with Crippen molar-refractivity contribution in [2.24, 2.45) is 5.73 Å². The summed E-state index contributed by atoms with van der Waals surface area (Å²) < 4.78 is 0. The van der Waals surface area contributed by atoms with Gasteiger partial charge in [0.15, 0.2) is 0 Å². The van der Waals surface area contributed by atoms with Crippen molar-refractivity contribution in [3.05, 3.63) is 0 Å². The van der Waals surface area contributed by atoms with Crippen LogP contribution in [0.1, 0.15) is 45.4 Å². The van der Waals surface area contributed by atoms with E-state index in [4.69, 9.17) is 10.8 Å². The Labute approximate surface area is 96.4 Å². The van der Waals surface area contributed by atoms with Crippen LogP contribution in [0.5, 0.6) is 0 Å². The van der Waals surface area contributed by atoms with Crippen molar-refractivity contribution in [1.29, 1.82) is 0 Å². The van der Waals surface area contributed by atoms with Gasteiger partial charge in [0, 0.05) is 25.4 Å². The lowest BCUT2D eigenvalue weighted by atomic mass is 10.1. The molecule has 0 saturated heterocycles. The van der Waals surface area contributed by atoms with E-state index in [9.17, 15) is 9.59 Å². The fraction of sp³-hybridized carbons (Fsp3) is 0.818. The third kappa shape index (κ3) is 9.45. The van der Waals surface area contributed by atoms with Gasteiger partial charge in [-0.2, -0.15) is 0 Å². The van der Waals surface area contributed by atoms with Gasteiger partial charge < -0.3 is 16.2 Å². The molecule has 0 rings (SSSR count). The number of amides is 1. The fourth-order valence-electron chi connectivity index (χ4n) is 1.41. The predicted octanol–water partition coefficient (Wildman–Crippen LogP) is 0.875. The lowest BCUT2D eigenvalue weighted by Crippen LogP contribution is -2.32. The van der Waals surface area contributed by atoms with E-state index in [2.05, 4.69) is 5.32 Å².